The van der Waals surface area contributed by atoms with Crippen LogP contribution < -0.4 is 5.32 Å². The third kappa shape index (κ3) is 4.54. The Morgan fingerprint density at radius 1 is 1.35 bits per heavy atom. The quantitative estimate of drug-likeness (QED) is 0.887. The molecule has 1 atom stereocenters. The highest BCUT2D eigenvalue weighted by molar-refractivity contribution is 5.14. The van der Waals surface area contributed by atoms with Gasteiger partial charge in [-0.25, -0.2) is 0 Å². The molecule has 2 heterocycles. The minimum Gasteiger partial charge on any atom is -0.310 e. The van der Waals surface area contributed by atoms with Gasteiger partial charge in [0.05, 0.1) is 5.69 Å². The van der Waals surface area contributed by atoms with Gasteiger partial charge in [0.15, 0.2) is 0 Å². The van der Waals surface area contributed by atoms with Gasteiger partial charge in [-0.3, -0.25) is 9.88 Å². The number of rotatable bonds is 5. The summed E-state index contributed by atoms with van der Waals surface area (Å²) in [7, 11) is 2.20. The van der Waals surface area contributed by atoms with Gasteiger partial charge in [0.1, 0.15) is 0 Å². The summed E-state index contributed by atoms with van der Waals surface area (Å²) >= 11 is 0. The summed E-state index contributed by atoms with van der Waals surface area (Å²) in [4.78, 5) is 9.53. The zero-order valence-corrected chi connectivity index (χ0v) is 13.3. The fraction of sp³-hybridized carbons (Fsp3) is 0.688. The van der Waals surface area contributed by atoms with Crippen LogP contribution in [0, 0.1) is 0 Å². The second-order valence-corrected chi connectivity index (χ2v) is 6.28. The Morgan fingerprint density at radius 2 is 2.15 bits per heavy atom. The Morgan fingerprint density at radius 3 is 2.75 bits per heavy atom. The topological polar surface area (TPSA) is 31.4 Å². The van der Waals surface area contributed by atoms with E-state index in [0.717, 1.165) is 32.7 Å². The molecule has 1 unspecified atom stereocenters. The molecule has 1 aliphatic heterocycles. The first kappa shape index (κ1) is 15.4. The minimum absolute atomic E-state index is 0.515. The standard InChI is InChI=1S/C16H28N4/c1-13(2)17-9-15-5-6-16(18-10-15)12-20-8-7-19(4)11-14(20)3/h5-6,10,13-14,17H,7-9,11-12H2,1-4H3. The first-order valence-electron chi connectivity index (χ1n) is 7.64. The number of nitrogens with one attached hydrogen (secondary N) is 1. The molecule has 1 aromatic rings. The molecular formula is C16H28N4. The molecule has 0 spiro atoms. The van der Waals surface area contributed by atoms with Gasteiger partial charge in [0, 0.05) is 51.0 Å². The fourth-order valence-electron chi connectivity index (χ4n) is 2.60. The Hall–Kier alpha value is -0.970. The van der Waals surface area contributed by atoms with Crippen LogP contribution in [0.2, 0.25) is 0 Å². The molecule has 1 aliphatic rings. The zero-order valence-electron chi connectivity index (χ0n) is 13.3. The van der Waals surface area contributed by atoms with E-state index in [9.17, 15) is 0 Å². The highest BCUT2D eigenvalue weighted by atomic mass is 15.3. The largest absolute Gasteiger partial charge is 0.310 e. The number of pyridine rings is 1. The van der Waals surface area contributed by atoms with Crippen molar-refractivity contribution in [3.63, 3.8) is 0 Å². The van der Waals surface area contributed by atoms with Crippen LogP contribution in [0.1, 0.15) is 32.0 Å². The van der Waals surface area contributed by atoms with Crippen LogP contribution in [0.4, 0.5) is 0 Å². The molecule has 1 aromatic heterocycles. The first-order chi connectivity index (χ1) is 9.54. The van der Waals surface area contributed by atoms with E-state index in [4.69, 9.17) is 0 Å². The summed E-state index contributed by atoms with van der Waals surface area (Å²) in [5.41, 5.74) is 2.43. The van der Waals surface area contributed by atoms with Crippen molar-refractivity contribution in [1.82, 2.24) is 20.1 Å². The normalized spacial score (nSPS) is 21.6. The van der Waals surface area contributed by atoms with Gasteiger partial charge in [-0.2, -0.15) is 0 Å². The number of nitrogens with zero attached hydrogens (tertiary/aromatic N) is 3. The van der Waals surface area contributed by atoms with E-state index in [0.29, 0.717) is 12.1 Å². The zero-order chi connectivity index (χ0) is 14.5. The van der Waals surface area contributed by atoms with Crippen LogP contribution in [0.3, 0.4) is 0 Å². The van der Waals surface area contributed by atoms with Gasteiger partial charge in [-0.15, -0.1) is 0 Å². The van der Waals surface area contributed by atoms with Crippen molar-refractivity contribution < 1.29 is 0 Å². The van der Waals surface area contributed by atoms with Crippen LogP contribution in [0.25, 0.3) is 0 Å². The molecule has 112 valence electrons. The Bertz CT molecular complexity index is 401. The van der Waals surface area contributed by atoms with E-state index in [1.54, 1.807) is 0 Å². The molecule has 1 saturated heterocycles. The van der Waals surface area contributed by atoms with Gasteiger partial charge in [0.25, 0.3) is 0 Å². The molecule has 0 bridgehead atoms. The lowest BCUT2D eigenvalue weighted by Crippen LogP contribution is -2.49. The van der Waals surface area contributed by atoms with E-state index in [2.05, 4.69) is 60.1 Å². The van der Waals surface area contributed by atoms with Crippen molar-refractivity contribution in [2.75, 3.05) is 26.7 Å². The third-order valence-corrected chi connectivity index (χ3v) is 3.93. The maximum absolute atomic E-state index is 4.61. The SMILES string of the molecule is CC(C)NCc1ccc(CN2CCN(C)CC2C)nc1. The number of hydrogen-bond acceptors (Lipinski definition) is 4. The van der Waals surface area contributed by atoms with E-state index >= 15 is 0 Å². The summed E-state index contributed by atoms with van der Waals surface area (Å²) in [5, 5.41) is 3.42. The van der Waals surface area contributed by atoms with Gasteiger partial charge in [-0.1, -0.05) is 19.9 Å². The highest BCUT2D eigenvalue weighted by Gasteiger charge is 2.21. The van der Waals surface area contributed by atoms with Crippen LogP contribution in [0.5, 0.6) is 0 Å². The van der Waals surface area contributed by atoms with Crippen molar-refractivity contribution in [3.05, 3.63) is 29.6 Å². The van der Waals surface area contributed by atoms with Gasteiger partial charge in [0.2, 0.25) is 0 Å². The highest BCUT2D eigenvalue weighted by Crippen LogP contribution is 2.12. The van der Waals surface area contributed by atoms with Gasteiger partial charge >= 0.3 is 0 Å². The van der Waals surface area contributed by atoms with Crippen LogP contribution in [0.15, 0.2) is 18.3 Å². The number of hydrogen-bond donors (Lipinski definition) is 1. The lowest BCUT2D eigenvalue weighted by molar-refractivity contribution is 0.0927. The van der Waals surface area contributed by atoms with Crippen molar-refractivity contribution in [3.8, 4) is 0 Å². The Balaban J connectivity index is 1.87. The van der Waals surface area contributed by atoms with Crippen molar-refractivity contribution >= 4 is 0 Å². The van der Waals surface area contributed by atoms with Crippen molar-refractivity contribution in [2.45, 2.75) is 45.9 Å². The molecule has 2 rings (SSSR count). The van der Waals surface area contributed by atoms with E-state index in [-0.39, 0.29) is 0 Å². The molecule has 0 radical (unpaired) electrons. The summed E-state index contributed by atoms with van der Waals surface area (Å²) < 4.78 is 0. The predicted molar refractivity (Wildman–Crippen MR) is 83.6 cm³/mol. The average molecular weight is 276 g/mol. The molecule has 0 saturated carbocycles. The molecule has 4 nitrogen and oxygen atoms in total. The second-order valence-electron chi connectivity index (χ2n) is 6.28. The molecule has 0 amide bonds. The van der Waals surface area contributed by atoms with E-state index < -0.39 is 0 Å². The summed E-state index contributed by atoms with van der Waals surface area (Å²) in [6, 6.07) is 5.49. The molecular weight excluding hydrogens is 248 g/mol. The molecule has 1 N–H and O–H groups in total. The molecule has 1 fully saturated rings. The summed E-state index contributed by atoms with van der Waals surface area (Å²) in [5.74, 6) is 0. The lowest BCUT2D eigenvalue weighted by atomic mass is 10.1. The fourth-order valence-corrected chi connectivity index (χ4v) is 2.60. The minimum atomic E-state index is 0.515. The Kier molecular flexibility index (Phi) is 5.52. The third-order valence-electron chi connectivity index (χ3n) is 3.93. The van der Waals surface area contributed by atoms with Crippen molar-refractivity contribution in [1.29, 1.82) is 0 Å². The Labute approximate surface area is 123 Å². The van der Waals surface area contributed by atoms with Crippen LogP contribution in [-0.4, -0.2) is 53.5 Å². The monoisotopic (exact) mass is 276 g/mol. The van der Waals surface area contributed by atoms with Gasteiger partial charge < -0.3 is 10.2 Å². The van der Waals surface area contributed by atoms with E-state index in [1.807, 2.05) is 6.20 Å². The molecule has 0 aliphatic carbocycles. The number of likely N-dealkylation sites (N-methyl/N-ethyl adjacent to an activating group) is 1. The average Bonchev–Trinajstić information content (AvgIpc) is 2.41. The van der Waals surface area contributed by atoms with E-state index in [1.165, 1.54) is 11.3 Å². The molecule has 4 heteroatoms. The summed E-state index contributed by atoms with van der Waals surface area (Å²) in [6.07, 6.45) is 2.01. The smallest absolute Gasteiger partial charge is 0.0544 e. The van der Waals surface area contributed by atoms with Crippen LogP contribution in [-0.2, 0) is 13.1 Å². The maximum Gasteiger partial charge on any atom is 0.0544 e. The van der Waals surface area contributed by atoms with Gasteiger partial charge in [-0.05, 0) is 25.6 Å². The van der Waals surface area contributed by atoms with Crippen molar-refractivity contribution in [2.24, 2.45) is 0 Å². The number of piperazine rings is 1. The summed E-state index contributed by atoms with van der Waals surface area (Å²) in [6.45, 7) is 11.9. The lowest BCUT2D eigenvalue weighted by Gasteiger charge is -2.37. The predicted octanol–water partition coefficient (Wildman–Crippen LogP) is 1.72. The number of aromatic nitrogens is 1. The maximum atomic E-state index is 4.61. The second kappa shape index (κ2) is 7.16. The molecule has 20 heavy (non-hydrogen) atoms. The van der Waals surface area contributed by atoms with Crippen LogP contribution >= 0.6 is 0 Å². The first-order valence-corrected chi connectivity index (χ1v) is 7.64. The molecule has 0 aromatic carbocycles.